The SMILES string of the molecule is N#Cc1cncc(C2=C[C@H]3CCN[C@H]3C2)c1. The molecular weight excluding hydrogens is 198 g/mol. The first-order chi connectivity index (χ1) is 7.86. The largest absolute Gasteiger partial charge is 0.313 e. The van der Waals surface area contributed by atoms with E-state index in [-0.39, 0.29) is 0 Å². The van der Waals surface area contributed by atoms with Gasteiger partial charge in [-0.2, -0.15) is 5.26 Å². The molecule has 0 amide bonds. The molecule has 3 nitrogen and oxygen atoms in total. The summed E-state index contributed by atoms with van der Waals surface area (Å²) < 4.78 is 0. The summed E-state index contributed by atoms with van der Waals surface area (Å²) in [7, 11) is 0. The van der Waals surface area contributed by atoms with Crippen molar-refractivity contribution in [1.82, 2.24) is 10.3 Å². The maximum absolute atomic E-state index is 8.84. The zero-order valence-corrected chi connectivity index (χ0v) is 8.98. The van der Waals surface area contributed by atoms with Crippen molar-refractivity contribution in [3.05, 3.63) is 35.7 Å². The van der Waals surface area contributed by atoms with E-state index in [0.717, 1.165) is 18.5 Å². The fourth-order valence-electron chi connectivity index (χ4n) is 2.67. The van der Waals surface area contributed by atoms with Gasteiger partial charge in [-0.25, -0.2) is 0 Å². The van der Waals surface area contributed by atoms with Gasteiger partial charge in [0, 0.05) is 18.4 Å². The average Bonchev–Trinajstić information content (AvgIpc) is 2.89. The van der Waals surface area contributed by atoms with E-state index in [1.165, 1.54) is 12.0 Å². The van der Waals surface area contributed by atoms with Crippen LogP contribution >= 0.6 is 0 Å². The van der Waals surface area contributed by atoms with Gasteiger partial charge >= 0.3 is 0 Å². The summed E-state index contributed by atoms with van der Waals surface area (Å²) in [6.07, 6.45) is 8.12. The molecule has 3 rings (SSSR count). The molecule has 2 aliphatic rings. The Labute approximate surface area is 94.8 Å². The lowest BCUT2D eigenvalue weighted by Gasteiger charge is -2.08. The molecule has 1 aliphatic heterocycles. The summed E-state index contributed by atoms with van der Waals surface area (Å²) >= 11 is 0. The lowest BCUT2D eigenvalue weighted by molar-refractivity contribution is 0.563. The van der Waals surface area contributed by atoms with Crippen molar-refractivity contribution in [3.8, 4) is 6.07 Å². The highest BCUT2D eigenvalue weighted by Crippen LogP contribution is 2.35. The lowest BCUT2D eigenvalue weighted by atomic mass is 10.0. The molecule has 0 saturated carbocycles. The second-order valence-electron chi connectivity index (χ2n) is 4.48. The highest BCUT2D eigenvalue weighted by atomic mass is 15.0. The second kappa shape index (κ2) is 3.73. The Hall–Kier alpha value is -1.66. The number of nitrogens with one attached hydrogen (secondary N) is 1. The molecule has 0 spiro atoms. The van der Waals surface area contributed by atoms with Gasteiger partial charge in [0.1, 0.15) is 6.07 Å². The Bertz CT molecular complexity index is 484. The number of rotatable bonds is 1. The van der Waals surface area contributed by atoms with Gasteiger partial charge in [-0.05, 0) is 42.5 Å². The van der Waals surface area contributed by atoms with Gasteiger partial charge in [-0.15, -0.1) is 0 Å². The molecule has 1 N–H and O–H groups in total. The molecule has 2 atom stereocenters. The van der Waals surface area contributed by atoms with Crippen LogP contribution in [0, 0.1) is 17.2 Å². The van der Waals surface area contributed by atoms with E-state index in [9.17, 15) is 0 Å². The van der Waals surface area contributed by atoms with Crippen LogP contribution in [0.4, 0.5) is 0 Å². The van der Waals surface area contributed by atoms with Crippen LogP contribution in [0.3, 0.4) is 0 Å². The Morgan fingerprint density at radius 2 is 2.38 bits per heavy atom. The number of nitrogens with zero attached hydrogens (tertiary/aromatic N) is 2. The fraction of sp³-hybridized carbons (Fsp3) is 0.385. The highest BCUT2D eigenvalue weighted by molar-refractivity contribution is 5.69. The van der Waals surface area contributed by atoms with E-state index < -0.39 is 0 Å². The summed E-state index contributed by atoms with van der Waals surface area (Å²) in [5, 5.41) is 12.4. The monoisotopic (exact) mass is 211 g/mol. The van der Waals surface area contributed by atoms with Gasteiger partial charge in [0.2, 0.25) is 0 Å². The van der Waals surface area contributed by atoms with Crippen molar-refractivity contribution in [1.29, 1.82) is 5.26 Å². The fourth-order valence-corrected chi connectivity index (χ4v) is 2.67. The molecule has 1 aromatic heterocycles. The standard InChI is InChI=1S/C13H13N3/c14-6-9-3-12(8-15-7-9)11-4-10-1-2-16-13(10)5-11/h3-4,7-8,10,13,16H,1-2,5H2/t10-,13+/m1/s1. The van der Waals surface area contributed by atoms with E-state index in [0.29, 0.717) is 17.5 Å². The predicted molar refractivity (Wildman–Crippen MR) is 61.4 cm³/mol. The molecule has 1 fully saturated rings. The van der Waals surface area contributed by atoms with Crippen molar-refractivity contribution < 1.29 is 0 Å². The summed E-state index contributed by atoms with van der Waals surface area (Å²) in [6.45, 7) is 1.13. The summed E-state index contributed by atoms with van der Waals surface area (Å²) in [5.74, 6) is 0.681. The van der Waals surface area contributed by atoms with E-state index in [2.05, 4.69) is 22.4 Å². The molecule has 2 heterocycles. The van der Waals surface area contributed by atoms with Crippen LogP contribution in [0.25, 0.3) is 5.57 Å². The molecule has 0 unspecified atom stereocenters. The molecule has 80 valence electrons. The number of hydrogen-bond acceptors (Lipinski definition) is 3. The summed E-state index contributed by atoms with van der Waals surface area (Å²) in [4.78, 5) is 4.11. The third kappa shape index (κ3) is 1.52. The highest BCUT2D eigenvalue weighted by Gasteiger charge is 2.31. The van der Waals surface area contributed by atoms with Crippen LogP contribution in [0.2, 0.25) is 0 Å². The first-order valence-electron chi connectivity index (χ1n) is 5.66. The Balaban J connectivity index is 1.91. The maximum atomic E-state index is 8.84. The van der Waals surface area contributed by atoms with Crippen molar-refractivity contribution in [3.63, 3.8) is 0 Å². The minimum atomic E-state index is 0.612. The van der Waals surface area contributed by atoms with Crippen LogP contribution < -0.4 is 5.32 Å². The minimum Gasteiger partial charge on any atom is -0.313 e. The Morgan fingerprint density at radius 3 is 3.19 bits per heavy atom. The molecule has 1 aliphatic carbocycles. The van der Waals surface area contributed by atoms with E-state index in [1.54, 1.807) is 6.20 Å². The molecule has 0 aromatic carbocycles. The van der Waals surface area contributed by atoms with Crippen molar-refractivity contribution in [2.75, 3.05) is 6.54 Å². The third-order valence-electron chi connectivity index (χ3n) is 3.49. The zero-order chi connectivity index (χ0) is 11.0. The molecule has 1 aromatic rings. The first kappa shape index (κ1) is 9.56. The molecule has 0 bridgehead atoms. The van der Waals surface area contributed by atoms with E-state index >= 15 is 0 Å². The van der Waals surface area contributed by atoms with E-state index in [1.807, 2.05) is 12.3 Å². The van der Waals surface area contributed by atoms with Crippen molar-refractivity contribution in [2.24, 2.45) is 5.92 Å². The number of fused-ring (bicyclic) bond motifs is 1. The number of pyridine rings is 1. The zero-order valence-electron chi connectivity index (χ0n) is 8.98. The lowest BCUT2D eigenvalue weighted by Crippen LogP contribution is -2.22. The van der Waals surface area contributed by atoms with Gasteiger partial charge in [0.25, 0.3) is 0 Å². The molecule has 0 radical (unpaired) electrons. The summed E-state index contributed by atoms with van der Waals surface area (Å²) in [6, 6.07) is 4.68. The van der Waals surface area contributed by atoms with Gasteiger partial charge in [-0.1, -0.05) is 6.08 Å². The first-order valence-corrected chi connectivity index (χ1v) is 5.66. The van der Waals surface area contributed by atoms with Crippen LogP contribution in [0.15, 0.2) is 24.5 Å². The quantitative estimate of drug-likeness (QED) is 0.769. The third-order valence-corrected chi connectivity index (χ3v) is 3.49. The normalized spacial score (nSPS) is 27.3. The smallest absolute Gasteiger partial charge is 0.101 e. The van der Waals surface area contributed by atoms with Crippen LogP contribution in [0.1, 0.15) is 24.0 Å². The van der Waals surface area contributed by atoms with Crippen LogP contribution in [-0.2, 0) is 0 Å². The summed E-state index contributed by atoms with van der Waals surface area (Å²) in [5.41, 5.74) is 3.09. The van der Waals surface area contributed by atoms with Gasteiger partial charge < -0.3 is 5.32 Å². The number of nitriles is 1. The van der Waals surface area contributed by atoms with Gasteiger partial charge in [0.05, 0.1) is 5.56 Å². The predicted octanol–water partition coefficient (Wildman–Crippen LogP) is 1.72. The maximum Gasteiger partial charge on any atom is 0.101 e. The van der Waals surface area contributed by atoms with Crippen LogP contribution in [0.5, 0.6) is 0 Å². The van der Waals surface area contributed by atoms with E-state index in [4.69, 9.17) is 5.26 Å². The van der Waals surface area contributed by atoms with Gasteiger partial charge in [0.15, 0.2) is 0 Å². The Morgan fingerprint density at radius 1 is 1.44 bits per heavy atom. The molecule has 1 saturated heterocycles. The van der Waals surface area contributed by atoms with Gasteiger partial charge in [-0.3, -0.25) is 4.98 Å². The number of aromatic nitrogens is 1. The second-order valence-corrected chi connectivity index (χ2v) is 4.48. The topological polar surface area (TPSA) is 48.7 Å². The van der Waals surface area contributed by atoms with Crippen molar-refractivity contribution in [2.45, 2.75) is 18.9 Å². The molecule has 3 heteroatoms. The average molecular weight is 211 g/mol. The number of hydrogen-bond donors (Lipinski definition) is 1. The van der Waals surface area contributed by atoms with Crippen LogP contribution in [-0.4, -0.2) is 17.6 Å². The molecular formula is C13H13N3. The molecule has 16 heavy (non-hydrogen) atoms. The Kier molecular flexibility index (Phi) is 2.23. The van der Waals surface area contributed by atoms with Crippen molar-refractivity contribution >= 4 is 5.57 Å². The minimum absolute atomic E-state index is 0.612.